The molecule has 0 spiro atoms. The van der Waals surface area contributed by atoms with E-state index in [9.17, 15) is 0 Å². The predicted octanol–water partition coefficient (Wildman–Crippen LogP) is 3.87. The molecule has 0 aliphatic carbocycles. The highest BCUT2D eigenvalue weighted by Gasteiger charge is 2.04. The van der Waals surface area contributed by atoms with E-state index >= 15 is 0 Å². The molecule has 1 rings (SSSR count). The Morgan fingerprint density at radius 2 is 1.83 bits per heavy atom. The first-order chi connectivity index (χ1) is 5.66. The molecule has 0 unspecified atom stereocenters. The van der Waals surface area contributed by atoms with E-state index in [0.717, 1.165) is 0 Å². The van der Waals surface area contributed by atoms with Crippen LogP contribution in [0.5, 0.6) is 0 Å². The van der Waals surface area contributed by atoms with E-state index in [1.807, 2.05) is 23.5 Å². The quantitative estimate of drug-likeness (QED) is 0.603. The Balaban J connectivity index is 3.09. The second kappa shape index (κ2) is 3.72. The zero-order valence-electron chi connectivity index (χ0n) is 7.85. The highest BCUT2D eigenvalue weighted by Crippen LogP contribution is 2.27. The molecule has 0 saturated heterocycles. The first-order valence-electron chi connectivity index (χ1n) is 4.02. The molecule has 0 nitrogen and oxygen atoms in total. The summed E-state index contributed by atoms with van der Waals surface area (Å²) in [4.78, 5) is 2.76. The van der Waals surface area contributed by atoms with Gasteiger partial charge < -0.3 is 0 Å². The van der Waals surface area contributed by atoms with Gasteiger partial charge in [-0.3, -0.25) is 0 Å². The lowest BCUT2D eigenvalue weighted by atomic mass is 10.1. The third-order valence-electron chi connectivity index (χ3n) is 2.11. The summed E-state index contributed by atoms with van der Waals surface area (Å²) in [6.07, 6.45) is 5.91. The Bertz CT molecular complexity index is 316. The first kappa shape index (κ1) is 9.27. The normalized spacial score (nSPS) is 10.9. The largest absolute Gasteiger partial charge is 0.141 e. The van der Waals surface area contributed by atoms with Crippen molar-refractivity contribution >= 4 is 17.4 Å². The number of hydrogen-bond donors (Lipinski definition) is 0. The van der Waals surface area contributed by atoms with Crippen LogP contribution in [-0.4, -0.2) is 0 Å². The summed E-state index contributed by atoms with van der Waals surface area (Å²) < 4.78 is 0. The lowest BCUT2D eigenvalue weighted by molar-refractivity contribution is 1.34. The van der Waals surface area contributed by atoms with Crippen LogP contribution in [0.2, 0.25) is 0 Å². The maximum absolute atomic E-state index is 3.65. The Kier molecular flexibility index (Phi) is 2.88. The van der Waals surface area contributed by atoms with E-state index < -0.39 is 0 Å². The second-order valence-electron chi connectivity index (χ2n) is 2.87. The van der Waals surface area contributed by atoms with E-state index in [-0.39, 0.29) is 0 Å². The van der Waals surface area contributed by atoms with Crippen LogP contribution in [0.15, 0.2) is 18.7 Å². The van der Waals surface area contributed by atoms with Gasteiger partial charge in [0.05, 0.1) is 0 Å². The zero-order valence-corrected chi connectivity index (χ0v) is 8.66. The Hall–Kier alpha value is -0.820. The van der Waals surface area contributed by atoms with Gasteiger partial charge in [-0.1, -0.05) is 18.7 Å². The molecule has 0 saturated carbocycles. The van der Waals surface area contributed by atoms with Gasteiger partial charge >= 0.3 is 0 Å². The van der Waals surface area contributed by atoms with Gasteiger partial charge in [0, 0.05) is 9.75 Å². The fraction of sp³-hybridized carbons (Fsp3) is 0.273. The Morgan fingerprint density at radius 3 is 2.25 bits per heavy atom. The SMILES string of the molecule is C=C/C=C/c1sc(C)c(C)c1C. The first-order valence-corrected chi connectivity index (χ1v) is 4.84. The number of hydrogen-bond acceptors (Lipinski definition) is 1. The third kappa shape index (κ3) is 1.67. The van der Waals surface area contributed by atoms with Gasteiger partial charge in [0.15, 0.2) is 0 Å². The summed E-state index contributed by atoms with van der Waals surface area (Å²) in [5, 5.41) is 0. The van der Waals surface area contributed by atoms with Crippen molar-refractivity contribution < 1.29 is 0 Å². The van der Waals surface area contributed by atoms with Crippen LogP contribution < -0.4 is 0 Å². The van der Waals surface area contributed by atoms with Crippen molar-refractivity contribution in [2.24, 2.45) is 0 Å². The highest BCUT2D eigenvalue weighted by atomic mass is 32.1. The van der Waals surface area contributed by atoms with Gasteiger partial charge in [-0.25, -0.2) is 0 Å². The van der Waals surface area contributed by atoms with Crippen molar-refractivity contribution in [2.45, 2.75) is 20.8 Å². The number of allylic oxidation sites excluding steroid dienone is 2. The minimum atomic E-state index is 1.35. The summed E-state index contributed by atoms with van der Waals surface area (Å²) in [6, 6.07) is 0. The monoisotopic (exact) mass is 178 g/mol. The summed E-state index contributed by atoms with van der Waals surface area (Å²) in [7, 11) is 0. The molecule has 0 N–H and O–H groups in total. The lowest BCUT2D eigenvalue weighted by Crippen LogP contribution is -1.74. The molecule has 0 aliphatic rings. The van der Waals surface area contributed by atoms with Crippen LogP contribution in [-0.2, 0) is 0 Å². The Morgan fingerprint density at radius 1 is 1.17 bits per heavy atom. The van der Waals surface area contributed by atoms with Crippen molar-refractivity contribution in [3.8, 4) is 0 Å². The van der Waals surface area contributed by atoms with Gasteiger partial charge in [-0.05, 0) is 38.0 Å². The zero-order chi connectivity index (χ0) is 9.14. The highest BCUT2D eigenvalue weighted by molar-refractivity contribution is 7.13. The summed E-state index contributed by atoms with van der Waals surface area (Å²) in [6.45, 7) is 10.2. The summed E-state index contributed by atoms with van der Waals surface area (Å²) in [5.41, 5.74) is 2.82. The predicted molar refractivity (Wildman–Crippen MR) is 57.8 cm³/mol. The van der Waals surface area contributed by atoms with Gasteiger partial charge in [0.25, 0.3) is 0 Å². The minimum Gasteiger partial charge on any atom is -0.141 e. The molecule has 0 aliphatic heterocycles. The molecule has 1 aromatic rings. The van der Waals surface area contributed by atoms with Crippen molar-refractivity contribution in [2.75, 3.05) is 0 Å². The van der Waals surface area contributed by atoms with Crippen LogP contribution >= 0.6 is 11.3 Å². The van der Waals surface area contributed by atoms with Crippen molar-refractivity contribution in [3.05, 3.63) is 39.6 Å². The van der Waals surface area contributed by atoms with Crippen LogP contribution in [0.25, 0.3) is 6.08 Å². The lowest BCUT2D eigenvalue weighted by Gasteiger charge is -1.90. The molecule has 1 aromatic heterocycles. The molecule has 0 atom stereocenters. The molecule has 0 aromatic carbocycles. The molecule has 64 valence electrons. The van der Waals surface area contributed by atoms with Gasteiger partial charge in [-0.15, -0.1) is 11.3 Å². The molecule has 0 radical (unpaired) electrons. The molecule has 1 heteroatoms. The number of aryl methyl sites for hydroxylation is 1. The minimum absolute atomic E-state index is 1.35. The standard InChI is InChI=1S/C11H14S/c1-5-6-7-11-9(3)8(2)10(4)12-11/h5-7H,1H2,2-4H3/b7-6+. The maximum atomic E-state index is 3.65. The molecular formula is C11H14S. The van der Waals surface area contributed by atoms with Crippen molar-refractivity contribution in [1.82, 2.24) is 0 Å². The maximum Gasteiger partial charge on any atom is 0.0305 e. The molecule has 0 amide bonds. The fourth-order valence-electron chi connectivity index (χ4n) is 1.08. The van der Waals surface area contributed by atoms with E-state index in [0.29, 0.717) is 0 Å². The topological polar surface area (TPSA) is 0 Å². The molecule has 0 fully saturated rings. The van der Waals surface area contributed by atoms with E-state index in [2.05, 4.69) is 33.4 Å². The average Bonchev–Trinajstić information content (AvgIpc) is 2.30. The summed E-state index contributed by atoms with van der Waals surface area (Å²) in [5.74, 6) is 0. The molecule has 1 heterocycles. The van der Waals surface area contributed by atoms with Crippen LogP contribution in [0.4, 0.5) is 0 Å². The Labute approximate surface area is 78.2 Å². The number of rotatable bonds is 2. The second-order valence-corrected chi connectivity index (χ2v) is 4.12. The van der Waals surface area contributed by atoms with Crippen LogP contribution in [0.1, 0.15) is 20.9 Å². The molecule has 12 heavy (non-hydrogen) atoms. The molecule has 0 bridgehead atoms. The van der Waals surface area contributed by atoms with Crippen LogP contribution in [0.3, 0.4) is 0 Å². The third-order valence-corrected chi connectivity index (χ3v) is 3.38. The van der Waals surface area contributed by atoms with Gasteiger partial charge in [0.1, 0.15) is 0 Å². The molecular weight excluding hydrogens is 164 g/mol. The smallest absolute Gasteiger partial charge is 0.0305 e. The number of thiophene rings is 1. The van der Waals surface area contributed by atoms with Crippen molar-refractivity contribution in [3.63, 3.8) is 0 Å². The van der Waals surface area contributed by atoms with Crippen molar-refractivity contribution in [1.29, 1.82) is 0 Å². The summed E-state index contributed by atoms with van der Waals surface area (Å²) >= 11 is 1.85. The van der Waals surface area contributed by atoms with Gasteiger partial charge in [0.2, 0.25) is 0 Å². The van der Waals surface area contributed by atoms with E-state index in [4.69, 9.17) is 0 Å². The fourth-order valence-corrected chi connectivity index (χ4v) is 2.17. The van der Waals surface area contributed by atoms with E-state index in [1.165, 1.54) is 20.9 Å². The van der Waals surface area contributed by atoms with Crippen LogP contribution in [0, 0.1) is 20.8 Å². The van der Waals surface area contributed by atoms with Gasteiger partial charge in [-0.2, -0.15) is 0 Å². The average molecular weight is 178 g/mol. The van der Waals surface area contributed by atoms with E-state index in [1.54, 1.807) is 0 Å².